The summed E-state index contributed by atoms with van der Waals surface area (Å²) < 4.78 is 24.3. The second kappa shape index (κ2) is 3.72. The molecule has 0 N–H and O–H groups in total. The first-order valence-corrected chi connectivity index (χ1v) is 3.33. The topological polar surface area (TPSA) is 53.8 Å². The van der Waals surface area contributed by atoms with Crippen LogP contribution in [0.2, 0.25) is 0 Å². The van der Waals surface area contributed by atoms with Crippen LogP contribution in [0.15, 0.2) is 12.1 Å². The minimum Gasteiger partial charge on any atom is -0.296 e. The third-order valence-corrected chi connectivity index (χ3v) is 1.42. The smallest absolute Gasteiger partial charge is 0.266 e. The first-order valence-electron chi connectivity index (χ1n) is 3.33. The molecule has 0 unspecified atom stereocenters. The average molecular weight is 182 g/mol. The zero-order valence-electron chi connectivity index (χ0n) is 6.37. The Morgan fingerprint density at radius 3 is 2.69 bits per heavy atom. The number of aldehydes is 1. The molecule has 0 amide bonds. The lowest BCUT2D eigenvalue weighted by atomic mass is 10.2. The molecule has 1 rings (SSSR count). The maximum absolute atomic E-state index is 12.2. The number of hydrogen-bond acceptors (Lipinski definition) is 3. The molecule has 1 heterocycles. The van der Waals surface area contributed by atoms with E-state index in [9.17, 15) is 13.6 Å². The normalized spacial score (nSPS) is 9.69. The molecule has 66 valence electrons. The van der Waals surface area contributed by atoms with E-state index in [4.69, 9.17) is 5.26 Å². The zero-order chi connectivity index (χ0) is 9.84. The van der Waals surface area contributed by atoms with Crippen molar-refractivity contribution in [3.63, 3.8) is 0 Å². The molecule has 0 radical (unpaired) electrons. The molecule has 13 heavy (non-hydrogen) atoms. The van der Waals surface area contributed by atoms with Gasteiger partial charge in [0.05, 0.1) is 0 Å². The minimum absolute atomic E-state index is 0.0495. The summed E-state index contributed by atoms with van der Waals surface area (Å²) in [5, 5.41) is 8.37. The van der Waals surface area contributed by atoms with Gasteiger partial charge in [0.2, 0.25) is 0 Å². The van der Waals surface area contributed by atoms with Crippen molar-refractivity contribution in [2.45, 2.75) is 6.43 Å². The highest BCUT2D eigenvalue weighted by Gasteiger charge is 2.13. The van der Waals surface area contributed by atoms with Crippen LogP contribution < -0.4 is 0 Å². The zero-order valence-corrected chi connectivity index (χ0v) is 6.37. The second-order valence-electron chi connectivity index (χ2n) is 2.20. The van der Waals surface area contributed by atoms with Gasteiger partial charge in [-0.05, 0) is 12.1 Å². The molecule has 0 saturated carbocycles. The molecule has 3 nitrogen and oxygen atoms in total. The number of hydrogen-bond donors (Lipinski definition) is 0. The lowest BCUT2D eigenvalue weighted by molar-refractivity contribution is 0.110. The predicted molar refractivity (Wildman–Crippen MR) is 39.3 cm³/mol. The van der Waals surface area contributed by atoms with Crippen molar-refractivity contribution in [1.29, 1.82) is 5.26 Å². The van der Waals surface area contributed by atoms with Gasteiger partial charge < -0.3 is 0 Å². The van der Waals surface area contributed by atoms with Crippen LogP contribution >= 0.6 is 0 Å². The molecule has 0 bridgehead atoms. The molecule has 0 aromatic carbocycles. The van der Waals surface area contributed by atoms with E-state index in [-0.39, 0.29) is 17.7 Å². The number of nitrogens with zero attached hydrogens (tertiary/aromatic N) is 2. The monoisotopic (exact) mass is 182 g/mol. The van der Waals surface area contributed by atoms with E-state index in [0.717, 1.165) is 12.1 Å². The van der Waals surface area contributed by atoms with Gasteiger partial charge in [0.1, 0.15) is 17.5 Å². The number of carbonyl (C=O) groups is 1. The first kappa shape index (κ1) is 9.26. The summed E-state index contributed by atoms with van der Waals surface area (Å²) in [6.45, 7) is 0. The van der Waals surface area contributed by atoms with Gasteiger partial charge in [-0.3, -0.25) is 4.79 Å². The fourth-order valence-electron chi connectivity index (χ4n) is 0.827. The summed E-state index contributed by atoms with van der Waals surface area (Å²) in [6.07, 6.45) is -2.54. The van der Waals surface area contributed by atoms with Gasteiger partial charge in [-0.15, -0.1) is 0 Å². The SMILES string of the molecule is N#Cc1ccc(C(F)F)c(C=O)n1. The van der Waals surface area contributed by atoms with Gasteiger partial charge in [-0.25, -0.2) is 13.8 Å². The van der Waals surface area contributed by atoms with Crippen LogP contribution in [0.25, 0.3) is 0 Å². The van der Waals surface area contributed by atoms with E-state index in [1.165, 1.54) is 0 Å². The number of aromatic nitrogens is 1. The van der Waals surface area contributed by atoms with Crippen LogP contribution in [-0.2, 0) is 0 Å². The molecule has 0 fully saturated rings. The van der Waals surface area contributed by atoms with E-state index in [1.54, 1.807) is 6.07 Å². The number of alkyl halides is 2. The van der Waals surface area contributed by atoms with Gasteiger partial charge >= 0.3 is 0 Å². The summed E-state index contributed by atoms with van der Waals surface area (Å²) >= 11 is 0. The number of nitriles is 1. The first-order chi connectivity index (χ1) is 6.19. The molecule has 0 spiro atoms. The largest absolute Gasteiger partial charge is 0.296 e. The Morgan fingerprint density at radius 1 is 1.54 bits per heavy atom. The Labute approximate surface area is 72.6 Å². The van der Waals surface area contributed by atoms with Crippen LogP contribution in [-0.4, -0.2) is 11.3 Å². The molecule has 0 aliphatic carbocycles. The number of rotatable bonds is 2. The van der Waals surface area contributed by atoms with Crippen molar-refractivity contribution in [3.05, 3.63) is 29.1 Å². The van der Waals surface area contributed by atoms with Gasteiger partial charge in [-0.1, -0.05) is 0 Å². The van der Waals surface area contributed by atoms with Crippen LogP contribution in [0.3, 0.4) is 0 Å². The summed E-state index contributed by atoms with van der Waals surface area (Å²) in [5.74, 6) is 0. The average Bonchev–Trinajstić information content (AvgIpc) is 2.16. The van der Waals surface area contributed by atoms with Crippen molar-refractivity contribution >= 4 is 6.29 Å². The molecule has 1 aromatic rings. The summed E-state index contributed by atoms with van der Waals surface area (Å²) in [6, 6.07) is 3.83. The van der Waals surface area contributed by atoms with E-state index in [1.807, 2.05) is 0 Å². The molecule has 0 atom stereocenters. The Bertz CT molecular complexity index is 371. The van der Waals surface area contributed by atoms with Gasteiger partial charge in [0.25, 0.3) is 6.43 Å². The van der Waals surface area contributed by atoms with E-state index in [2.05, 4.69) is 4.98 Å². The Kier molecular flexibility index (Phi) is 2.65. The van der Waals surface area contributed by atoms with Crippen molar-refractivity contribution in [3.8, 4) is 6.07 Å². The molecule has 0 aliphatic rings. The lowest BCUT2D eigenvalue weighted by Crippen LogP contribution is -1.98. The van der Waals surface area contributed by atoms with E-state index >= 15 is 0 Å². The van der Waals surface area contributed by atoms with E-state index in [0.29, 0.717) is 0 Å². The van der Waals surface area contributed by atoms with Crippen LogP contribution in [0.5, 0.6) is 0 Å². The van der Waals surface area contributed by atoms with Crippen molar-refractivity contribution in [2.24, 2.45) is 0 Å². The molecule has 0 saturated heterocycles. The summed E-state index contributed by atoms with van der Waals surface area (Å²) in [7, 11) is 0. The number of pyridine rings is 1. The van der Waals surface area contributed by atoms with Gasteiger partial charge in [-0.2, -0.15) is 5.26 Å². The highest BCUT2D eigenvalue weighted by molar-refractivity contribution is 5.74. The minimum atomic E-state index is -2.75. The van der Waals surface area contributed by atoms with Crippen LogP contribution in [0.4, 0.5) is 8.78 Å². The van der Waals surface area contributed by atoms with Crippen LogP contribution in [0.1, 0.15) is 28.2 Å². The number of halogens is 2. The maximum Gasteiger partial charge on any atom is 0.266 e. The second-order valence-corrected chi connectivity index (χ2v) is 2.20. The molecular weight excluding hydrogens is 178 g/mol. The van der Waals surface area contributed by atoms with Crippen LogP contribution in [0, 0.1) is 11.3 Å². The molecule has 0 aliphatic heterocycles. The summed E-state index contributed by atoms with van der Waals surface area (Å²) in [4.78, 5) is 13.7. The van der Waals surface area contributed by atoms with Crippen molar-refractivity contribution < 1.29 is 13.6 Å². The third-order valence-electron chi connectivity index (χ3n) is 1.42. The summed E-state index contributed by atoms with van der Waals surface area (Å²) in [5.41, 5.74) is -0.880. The van der Waals surface area contributed by atoms with E-state index < -0.39 is 12.0 Å². The quantitative estimate of drug-likeness (QED) is 0.654. The third kappa shape index (κ3) is 1.85. The Hall–Kier alpha value is -1.83. The lowest BCUT2D eigenvalue weighted by Gasteiger charge is -2.01. The molecular formula is C8H4F2N2O. The Balaban J connectivity index is 3.25. The van der Waals surface area contributed by atoms with Gasteiger partial charge in [0, 0.05) is 5.56 Å². The fourth-order valence-corrected chi connectivity index (χ4v) is 0.827. The van der Waals surface area contributed by atoms with Crippen molar-refractivity contribution in [2.75, 3.05) is 0 Å². The predicted octanol–water partition coefficient (Wildman–Crippen LogP) is 1.70. The number of carbonyl (C=O) groups excluding carboxylic acids is 1. The Morgan fingerprint density at radius 2 is 2.23 bits per heavy atom. The fraction of sp³-hybridized carbons (Fsp3) is 0.125. The molecule has 1 aromatic heterocycles. The highest BCUT2D eigenvalue weighted by Crippen LogP contribution is 2.20. The highest BCUT2D eigenvalue weighted by atomic mass is 19.3. The molecule has 5 heteroatoms. The van der Waals surface area contributed by atoms with Gasteiger partial charge in [0.15, 0.2) is 6.29 Å². The maximum atomic E-state index is 12.2. The van der Waals surface area contributed by atoms with Crippen molar-refractivity contribution in [1.82, 2.24) is 4.98 Å². The standard InChI is InChI=1S/C8H4F2N2O/c9-8(10)6-2-1-5(3-11)12-7(6)4-13/h1-2,4,8H.